The minimum Gasteiger partial charge on any atom is -0.487 e. The molecule has 0 aliphatic carbocycles. The number of carbonyl (C=O) groups excluding carboxylic acids is 2. The van der Waals surface area contributed by atoms with Crippen LogP contribution in [0.15, 0.2) is 54.6 Å². The maximum absolute atomic E-state index is 12.5. The Morgan fingerprint density at radius 1 is 0.742 bits per heavy atom. The average Bonchev–Trinajstić information content (AvgIpc) is 2.64. The van der Waals surface area contributed by atoms with Crippen molar-refractivity contribution in [1.29, 1.82) is 0 Å². The average molecular weight is 428 g/mol. The molecule has 0 N–H and O–H groups in total. The Labute approximate surface area is 185 Å². The zero-order chi connectivity index (χ0) is 23.1. The highest BCUT2D eigenvalue weighted by atomic mass is 16.6. The van der Waals surface area contributed by atoms with Crippen LogP contribution >= 0.6 is 0 Å². The van der Waals surface area contributed by atoms with Crippen molar-refractivity contribution in [3.63, 3.8) is 0 Å². The van der Waals surface area contributed by atoms with E-state index in [1.54, 1.807) is 46.4 Å². The Kier molecular flexibility index (Phi) is 8.08. The van der Waals surface area contributed by atoms with Crippen molar-refractivity contribution in [2.75, 3.05) is 18.0 Å². The topological polar surface area (TPSA) is 65.1 Å². The van der Waals surface area contributed by atoms with Gasteiger partial charge in [-0.3, -0.25) is 9.59 Å². The maximum atomic E-state index is 12.5. The molecular weight excluding hydrogens is 394 g/mol. The van der Waals surface area contributed by atoms with E-state index in [0.717, 1.165) is 5.56 Å². The van der Waals surface area contributed by atoms with E-state index in [9.17, 15) is 9.59 Å². The summed E-state index contributed by atoms with van der Waals surface area (Å²) in [6.07, 6.45) is 0. The molecule has 0 amide bonds. The van der Waals surface area contributed by atoms with Gasteiger partial charge in [0.2, 0.25) is 0 Å². The molecule has 0 saturated heterocycles. The van der Waals surface area contributed by atoms with Crippen LogP contribution in [0.2, 0.25) is 0 Å². The normalized spacial score (nSPS) is 11.5. The van der Waals surface area contributed by atoms with Gasteiger partial charge in [-0.05, 0) is 59.2 Å². The van der Waals surface area contributed by atoms with Gasteiger partial charge in [-0.25, -0.2) is 0 Å². The van der Waals surface area contributed by atoms with Crippen molar-refractivity contribution < 1.29 is 23.8 Å². The Bertz CT molecular complexity index is 835. The van der Waals surface area contributed by atoms with Gasteiger partial charge < -0.3 is 19.1 Å². The fourth-order valence-corrected chi connectivity index (χ4v) is 2.86. The minimum atomic E-state index is -0.627. The van der Waals surface area contributed by atoms with Crippen molar-refractivity contribution in [2.24, 2.45) is 0 Å². The first-order chi connectivity index (χ1) is 14.4. The van der Waals surface area contributed by atoms with E-state index in [-0.39, 0.29) is 13.1 Å². The minimum absolute atomic E-state index is 0.109. The van der Waals surface area contributed by atoms with Gasteiger partial charge >= 0.3 is 11.9 Å². The van der Waals surface area contributed by atoms with Crippen LogP contribution in [0.25, 0.3) is 0 Å². The summed E-state index contributed by atoms with van der Waals surface area (Å²) in [6, 6.07) is 17.1. The number of hydrogen-bond donors (Lipinski definition) is 0. The predicted molar refractivity (Wildman–Crippen MR) is 121 cm³/mol. The largest absolute Gasteiger partial charge is 0.487 e. The van der Waals surface area contributed by atoms with Gasteiger partial charge in [-0.2, -0.15) is 0 Å². The van der Waals surface area contributed by atoms with Crippen LogP contribution in [-0.2, 0) is 25.7 Å². The first kappa shape index (κ1) is 24.3. The van der Waals surface area contributed by atoms with Crippen molar-refractivity contribution >= 4 is 17.6 Å². The zero-order valence-electron chi connectivity index (χ0n) is 19.3. The molecule has 0 atom stereocenters. The number of rotatable bonds is 8. The molecule has 2 rings (SSSR count). The number of ether oxygens (including phenoxy) is 3. The molecule has 6 heteroatoms. The van der Waals surface area contributed by atoms with Gasteiger partial charge in [0.15, 0.2) is 0 Å². The number of benzene rings is 2. The fraction of sp³-hybridized carbons (Fsp3) is 0.440. The number of carbonyl (C=O) groups is 2. The molecule has 0 saturated carbocycles. The molecule has 2 aromatic carbocycles. The van der Waals surface area contributed by atoms with E-state index in [0.29, 0.717) is 18.0 Å². The lowest BCUT2D eigenvalue weighted by atomic mass is 10.2. The fourth-order valence-electron chi connectivity index (χ4n) is 2.86. The molecule has 0 aliphatic heterocycles. The van der Waals surface area contributed by atoms with Crippen LogP contribution in [0, 0.1) is 0 Å². The summed E-state index contributed by atoms with van der Waals surface area (Å²) in [6.45, 7) is 11.0. The van der Waals surface area contributed by atoms with Gasteiger partial charge in [0.05, 0.1) is 5.69 Å². The van der Waals surface area contributed by atoms with Crippen LogP contribution in [-0.4, -0.2) is 36.2 Å². The molecule has 31 heavy (non-hydrogen) atoms. The third-order valence-electron chi connectivity index (χ3n) is 3.92. The summed E-state index contributed by atoms with van der Waals surface area (Å²) < 4.78 is 17.0. The molecule has 0 aliphatic rings. The summed E-state index contributed by atoms with van der Waals surface area (Å²) in [5.74, 6) is -0.304. The van der Waals surface area contributed by atoms with Gasteiger partial charge in [0.1, 0.15) is 36.6 Å². The molecule has 0 radical (unpaired) electrons. The number of anilines is 1. The molecule has 0 aromatic heterocycles. The summed E-state index contributed by atoms with van der Waals surface area (Å²) in [5.41, 5.74) is 0.383. The van der Waals surface area contributed by atoms with Gasteiger partial charge in [0, 0.05) is 0 Å². The highest BCUT2D eigenvalue weighted by Crippen LogP contribution is 2.29. The highest BCUT2D eigenvalue weighted by molar-refractivity contribution is 5.83. The van der Waals surface area contributed by atoms with Crippen LogP contribution in [0.1, 0.15) is 47.1 Å². The molecule has 168 valence electrons. The first-order valence-corrected chi connectivity index (χ1v) is 10.4. The zero-order valence-corrected chi connectivity index (χ0v) is 19.3. The van der Waals surface area contributed by atoms with Crippen LogP contribution in [0.5, 0.6) is 5.75 Å². The second-order valence-electron chi connectivity index (χ2n) is 9.27. The quantitative estimate of drug-likeness (QED) is 0.566. The molecule has 0 spiro atoms. The molecule has 0 heterocycles. The summed E-state index contributed by atoms with van der Waals surface area (Å²) in [5, 5.41) is 0. The predicted octanol–water partition coefficient (Wildman–Crippen LogP) is 4.76. The van der Waals surface area contributed by atoms with E-state index < -0.39 is 23.1 Å². The van der Waals surface area contributed by atoms with Crippen LogP contribution in [0.4, 0.5) is 5.69 Å². The maximum Gasteiger partial charge on any atom is 0.326 e. The second-order valence-corrected chi connectivity index (χ2v) is 9.27. The Hall–Kier alpha value is -3.02. The molecule has 6 nitrogen and oxygen atoms in total. The lowest BCUT2D eigenvalue weighted by Crippen LogP contribution is -2.40. The number of para-hydroxylation sites is 2. The molecule has 2 aromatic rings. The standard InChI is InChI=1S/C25H33NO5/c1-24(2,3)30-22(27)16-26(17-23(28)31-25(4,5)6)20-14-10-11-15-21(20)29-18-19-12-8-7-9-13-19/h7-15H,16-18H2,1-6H3. The molecule has 0 bridgehead atoms. The number of esters is 2. The summed E-state index contributed by atoms with van der Waals surface area (Å²) >= 11 is 0. The summed E-state index contributed by atoms with van der Waals surface area (Å²) in [4.78, 5) is 26.7. The Morgan fingerprint density at radius 2 is 1.23 bits per heavy atom. The van der Waals surface area contributed by atoms with Crippen molar-refractivity contribution in [2.45, 2.75) is 59.4 Å². The second kappa shape index (κ2) is 10.3. The molecule has 0 unspecified atom stereocenters. The van der Waals surface area contributed by atoms with E-state index in [1.807, 2.05) is 54.6 Å². The Balaban J connectivity index is 2.25. The van der Waals surface area contributed by atoms with Crippen molar-refractivity contribution in [3.8, 4) is 5.75 Å². The SMILES string of the molecule is CC(C)(C)OC(=O)CN(CC(=O)OC(C)(C)C)c1ccccc1OCc1ccccc1. The van der Waals surface area contributed by atoms with Gasteiger partial charge in [-0.15, -0.1) is 0 Å². The van der Waals surface area contributed by atoms with E-state index in [1.165, 1.54) is 0 Å². The highest BCUT2D eigenvalue weighted by Gasteiger charge is 2.25. The lowest BCUT2D eigenvalue weighted by Gasteiger charge is -2.28. The number of nitrogens with zero attached hydrogens (tertiary/aromatic N) is 1. The summed E-state index contributed by atoms with van der Waals surface area (Å²) in [7, 11) is 0. The van der Waals surface area contributed by atoms with Crippen LogP contribution in [0.3, 0.4) is 0 Å². The van der Waals surface area contributed by atoms with Gasteiger partial charge in [0.25, 0.3) is 0 Å². The third-order valence-corrected chi connectivity index (χ3v) is 3.92. The Morgan fingerprint density at radius 3 is 1.74 bits per heavy atom. The van der Waals surface area contributed by atoms with Gasteiger partial charge in [-0.1, -0.05) is 42.5 Å². The van der Waals surface area contributed by atoms with E-state index in [4.69, 9.17) is 14.2 Å². The number of hydrogen-bond acceptors (Lipinski definition) is 6. The van der Waals surface area contributed by atoms with E-state index in [2.05, 4.69) is 0 Å². The first-order valence-electron chi connectivity index (χ1n) is 10.4. The van der Waals surface area contributed by atoms with Crippen LogP contribution < -0.4 is 9.64 Å². The monoisotopic (exact) mass is 427 g/mol. The smallest absolute Gasteiger partial charge is 0.326 e. The van der Waals surface area contributed by atoms with Crippen molar-refractivity contribution in [1.82, 2.24) is 0 Å². The molecule has 0 fully saturated rings. The van der Waals surface area contributed by atoms with E-state index >= 15 is 0 Å². The van der Waals surface area contributed by atoms with Crippen molar-refractivity contribution in [3.05, 3.63) is 60.2 Å². The lowest BCUT2D eigenvalue weighted by molar-refractivity contribution is -0.154. The molecular formula is C25H33NO5. The third kappa shape index (κ3) is 9.11.